The van der Waals surface area contributed by atoms with Gasteiger partial charge in [-0.1, -0.05) is 15.9 Å². The Kier molecular flexibility index (Phi) is 5.38. The molecule has 0 aliphatic carbocycles. The molecule has 0 amide bonds. The van der Waals surface area contributed by atoms with Gasteiger partial charge in [0.1, 0.15) is 5.92 Å². The molecule has 1 heterocycles. The van der Waals surface area contributed by atoms with Gasteiger partial charge in [0.05, 0.1) is 19.9 Å². The molecule has 0 N–H and O–H groups in total. The zero-order chi connectivity index (χ0) is 18.1. The van der Waals surface area contributed by atoms with Crippen LogP contribution in [0.5, 0.6) is 0 Å². The van der Waals surface area contributed by atoms with E-state index in [9.17, 15) is 22.8 Å². The van der Waals surface area contributed by atoms with E-state index in [0.29, 0.717) is 9.54 Å². The normalized spacial score (nSPS) is 23.9. The van der Waals surface area contributed by atoms with Crippen LogP contribution in [-0.4, -0.2) is 44.5 Å². The third-order valence-corrected chi connectivity index (χ3v) is 4.00. The van der Waals surface area contributed by atoms with Crippen LogP contribution >= 0.6 is 15.9 Å². The molecule has 0 radical (unpaired) electrons. The first kappa shape index (κ1) is 18.5. The molecular weight excluding hydrogens is 399 g/mol. The minimum atomic E-state index is -4.85. The fraction of sp³-hybridized carbons (Fsp3) is 0.429. The average Bonchev–Trinajstić information content (AvgIpc) is 2.94. The largest absolute Gasteiger partial charge is 0.469 e. The van der Waals surface area contributed by atoms with Crippen LogP contribution in [0.2, 0.25) is 0 Å². The van der Waals surface area contributed by atoms with Crippen LogP contribution in [0.4, 0.5) is 18.9 Å². The molecule has 1 aromatic carbocycles. The summed E-state index contributed by atoms with van der Waals surface area (Å²) in [6, 6.07) is 3.33. The summed E-state index contributed by atoms with van der Waals surface area (Å²) in [5.74, 6) is -4.22. The number of anilines is 1. The monoisotopic (exact) mass is 411 g/mol. The number of carbonyl (C=O) groups excluding carboxylic acids is 2. The van der Waals surface area contributed by atoms with Gasteiger partial charge in [-0.3, -0.25) is 9.63 Å². The molecule has 1 aliphatic rings. The van der Waals surface area contributed by atoms with Gasteiger partial charge in [0.25, 0.3) is 0 Å². The third kappa shape index (κ3) is 3.48. The van der Waals surface area contributed by atoms with Crippen molar-refractivity contribution >= 4 is 33.6 Å². The number of nitrogens with zero attached hydrogens (tertiary/aromatic N) is 1. The Balaban J connectivity index is 2.51. The molecule has 2 rings (SSSR count). The molecule has 1 aliphatic heterocycles. The van der Waals surface area contributed by atoms with E-state index in [1.165, 1.54) is 24.3 Å². The second kappa shape index (κ2) is 6.98. The zero-order valence-corrected chi connectivity index (χ0v) is 14.1. The lowest BCUT2D eigenvalue weighted by Gasteiger charge is -2.27. The molecule has 0 aromatic heterocycles. The van der Waals surface area contributed by atoms with E-state index >= 15 is 0 Å². The standard InChI is InChI=1S/C14H13BrF3NO5/c1-22-12(20)9-10(13(21)23-2)24-19(11(9)14(16,17)18)8-5-3-7(15)4-6-8/h3-6,9-11H,1-2H3. The smallest absolute Gasteiger partial charge is 0.412 e. The van der Waals surface area contributed by atoms with Crippen molar-refractivity contribution < 1.29 is 37.1 Å². The van der Waals surface area contributed by atoms with Crippen LogP contribution in [0, 0.1) is 5.92 Å². The number of hydrogen-bond acceptors (Lipinski definition) is 6. The highest BCUT2D eigenvalue weighted by molar-refractivity contribution is 9.10. The molecule has 0 spiro atoms. The maximum Gasteiger partial charge on any atom is 0.412 e. The Morgan fingerprint density at radius 1 is 1.12 bits per heavy atom. The minimum Gasteiger partial charge on any atom is -0.469 e. The fourth-order valence-corrected chi connectivity index (χ4v) is 2.67. The number of hydrogen-bond donors (Lipinski definition) is 0. The Bertz CT molecular complexity index is 622. The van der Waals surface area contributed by atoms with E-state index < -0.39 is 36.2 Å². The summed E-state index contributed by atoms with van der Waals surface area (Å²) in [4.78, 5) is 28.8. The van der Waals surface area contributed by atoms with Crippen molar-refractivity contribution in [2.45, 2.75) is 18.3 Å². The first-order chi connectivity index (χ1) is 11.2. The van der Waals surface area contributed by atoms with Gasteiger partial charge < -0.3 is 9.47 Å². The number of benzene rings is 1. The predicted molar refractivity (Wildman–Crippen MR) is 78.9 cm³/mol. The number of methoxy groups -OCH3 is 2. The lowest BCUT2D eigenvalue weighted by Crippen LogP contribution is -2.48. The van der Waals surface area contributed by atoms with Gasteiger partial charge in [-0.2, -0.15) is 13.2 Å². The first-order valence-electron chi connectivity index (χ1n) is 6.64. The molecule has 6 nitrogen and oxygen atoms in total. The minimum absolute atomic E-state index is 0.0285. The maximum absolute atomic E-state index is 13.6. The summed E-state index contributed by atoms with van der Waals surface area (Å²) in [5.41, 5.74) is 0.0285. The predicted octanol–water partition coefficient (Wildman–Crippen LogP) is 2.46. The van der Waals surface area contributed by atoms with Gasteiger partial charge in [-0.05, 0) is 24.3 Å². The van der Waals surface area contributed by atoms with Crippen LogP contribution < -0.4 is 5.06 Å². The van der Waals surface area contributed by atoms with Crippen molar-refractivity contribution in [3.8, 4) is 0 Å². The average molecular weight is 412 g/mol. The van der Waals surface area contributed by atoms with E-state index in [2.05, 4.69) is 25.4 Å². The van der Waals surface area contributed by atoms with Gasteiger partial charge >= 0.3 is 18.1 Å². The van der Waals surface area contributed by atoms with E-state index in [4.69, 9.17) is 4.84 Å². The summed E-state index contributed by atoms with van der Waals surface area (Å²) in [6.07, 6.45) is -6.62. The topological polar surface area (TPSA) is 65.1 Å². The van der Waals surface area contributed by atoms with Gasteiger partial charge in [-0.15, -0.1) is 0 Å². The number of hydroxylamine groups is 1. The molecular formula is C14H13BrF3NO5. The molecule has 10 heteroatoms. The lowest BCUT2D eigenvalue weighted by atomic mass is 9.94. The van der Waals surface area contributed by atoms with Gasteiger partial charge in [-0.25, -0.2) is 9.86 Å². The molecule has 1 aromatic rings. The van der Waals surface area contributed by atoms with Crippen LogP contribution in [0.15, 0.2) is 28.7 Å². The maximum atomic E-state index is 13.6. The summed E-state index contributed by atoms with van der Waals surface area (Å²) in [6.45, 7) is 0. The lowest BCUT2D eigenvalue weighted by molar-refractivity contribution is -0.173. The molecule has 1 saturated heterocycles. The number of ether oxygens (including phenoxy) is 2. The van der Waals surface area contributed by atoms with Crippen LogP contribution in [0.3, 0.4) is 0 Å². The van der Waals surface area contributed by atoms with Gasteiger partial charge in [0.2, 0.25) is 0 Å². The van der Waals surface area contributed by atoms with Crippen molar-refractivity contribution in [2.75, 3.05) is 19.3 Å². The highest BCUT2D eigenvalue weighted by atomic mass is 79.9. The molecule has 132 valence electrons. The second-order valence-electron chi connectivity index (χ2n) is 4.89. The summed E-state index contributed by atoms with van der Waals surface area (Å²) in [5, 5.41) is 0.496. The number of esters is 2. The first-order valence-corrected chi connectivity index (χ1v) is 7.44. The fourth-order valence-electron chi connectivity index (χ4n) is 2.41. The Morgan fingerprint density at radius 2 is 1.67 bits per heavy atom. The molecule has 0 bridgehead atoms. The van der Waals surface area contributed by atoms with E-state index in [1.54, 1.807) is 0 Å². The Labute approximate surface area is 143 Å². The van der Waals surface area contributed by atoms with Crippen LogP contribution in [-0.2, 0) is 23.9 Å². The SMILES string of the molecule is COC(=O)C1ON(c2ccc(Br)cc2)C(C(F)(F)F)C1C(=O)OC. The molecule has 0 saturated carbocycles. The quantitative estimate of drug-likeness (QED) is 0.711. The highest BCUT2D eigenvalue weighted by Crippen LogP contribution is 2.42. The number of halogens is 4. The van der Waals surface area contributed by atoms with E-state index in [0.717, 1.165) is 14.2 Å². The summed E-state index contributed by atoms with van der Waals surface area (Å²) < 4.78 is 50.2. The Hall–Kier alpha value is -1.81. The van der Waals surface area contributed by atoms with Gasteiger partial charge in [0, 0.05) is 4.47 Å². The van der Waals surface area contributed by atoms with Crippen molar-refractivity contribution in [3.05, 3.63) is 28.7 Å². The zero-order valence-electron chi connectivity index (χ0n) is 12.5. The number of rotatable bonds is 3. The number of carbonyl (C=O) groups is 2. The third-order valence-electron chi connectivity index (χ3n) is 3.47. The van der Waals surface area contributed by atoms with Crippen molar-refractivity contribution in [3.63, 3.8) is 0 Å². The van der Waals surface area contributed by atoms with E-state index in [-0.39, 0.29) is 5.69 Å². The molecule has 3 atom stereocenters. The molecule has 1 fully saturated rings. The van der Waals surface area contributed by atoms with Gasteiger partial charge in [0.15, 0.2) is 12.1 Å². The highest BCUT2D eigenvalue weighted by Gasteiger charge is 2.62. The van der Waals surface area contributed by atoms with Crippen molar-refractivity contribution in [1.82, 2.24) is 0 Å². The van der Waals surface area contributed by atoms with Crippen LogP contribution in [0.1, 0.15) is 0 Å². The molecule has 3 unspecified atom stereocenters. The molecule has 24 heavy (non-hydrogen) atoms. The second-order valence-corrected chi connectivity index (χ2v) is 5.80. The van der Waals surface area contributed by atoms with Crippen molar-refractivity contribution in [2.24, 2.45) is 5.92 Å². The van der Waals surface area contributed by atoms with Crippen LogP contribution in [0.25, 0.3) is 0 Å². The summed E-state index contributed by atoms with van der Waals surface area (Å²) >= 11 is 3.17. The summed E-state index contributed by atoms with van der Waals surface area (Å²) in [7, 11) is 1.93. The Morgan fingerprint density at radius 3 is 2.12 bits per heavy atom. The van der Waals surface area contributed by atoms with E-state index in [1.807, 2.05) is 0 Å². The van der Waals surface area contributed by atoms with Crippen molar-refractivity contribution in [1.29, 1.82) is 0 Å². The number of alkyl halides is 3.